The molecule has 0 N–H and O–H groups in total. The van der Waals surface area contributed by atoms with Crippen LogP contribution in [0.1, 0.15) is 11.1 Å². The highest BCUT2D eigenvalue weighted by atomic mass is 35.5. The molecule has 0 aliphatic heterocycles. The molecule has 0 aliphatic rings. The molecule has 0 aliphatic carbocycles. The van der Waals surface area contributed by atoms with Crippen LogP contribution in [0.3, 0.4) is 0 Å². The summed E-state index contributed by atoms with van der Waals surface area (Å²) in [7, 11) is 0. The topological polar surface area (TPSA) is 0 Å². The number of hydrogen-bond acceptors (Lipinski definition) is 0. The molecule has 0 fully saturated rings. The Bertz CT molecular complexity index is 908. The van der Waals surface area contributed by atoms with Crippen molar-refractivity contribution in [1.82, 2.24) is 0 Å². The average molecular weight is 371 g/mol. The summed E-state index contributed by atoms with van der Waals surface area (Å²) >= 11 is 5.82. The minimum Gasteiger partial charge on any atom is -0.0843 e. The maximum atomic E-state index is 5.82. The minimum absolute atomic E-state index is 0.779. The summed E-state index contributed by atoms with van der Waals surface area (Å²) < 4.78 is 0. The highest BCUT2D eigenvalue weighted by Crippen LogP contribution is 2.21. The lowest BCUT2D eigenvalue weighted by Crippen LogP contribution is -1.77. The van der Waals surface area contributed by atoms with E-state index in [0.717, 1.165) is 5.02 Å². The van der Waals surface area contributed by atoms with Gasteiger partial charge in [-0.05, 0) is 48.2 Å². The quantitative estimate of drug-likeness (QED) is 0.335. The van der Waals surface area contributed by atoms with E-state index in [0.29, 0.717) is 0 Å². The van der Waals surface area contributed by atoms with Crippen LogP contribution in [0.15, 0.2) is 103 Å². The van der Waals surface area contributed by atoms with E-state index < -0.39 is 0 Å². The molecule has 0 heterocycles. The Morgan fingerprint density at radius 1 is 0.407 bits per heavy atom. The molecule has 27 heavy (non-hydrogen) atoms. The number of hydrogen-bond donors (Lipinski definition) is 0. The van der Waals surface area contributed by atoms with Gasteiger partial charge in [0.25, 0.3) is 0 Å². The summed E-state index contributed by atoms with van der Waals surface area (Å²) in [6.45, 7) is 4.19. The Hall–Kier alpha value is -2.83. The van der Waals surface area contributed by atoms with Crippen LogP contribution in [-0.4, -0.2) is 0 Å². The zero-order chi connectivity index (χ0) is 19.1. The van der Waals surface area contributed by atoms with Crippen molar-refractivity contribution in [2.75, 3.05) is 0 Å². The molecule has 0 amide bonds. The van der Waals surface area contributed by atoms with Gasteiger partial charge in [0.1, 0.15) is 0 Å². The molecule has 0 saturated heterocycles. The second-order valence-electron chi connectivity index (χ2n) is 6.60. The summed E-state index contributed by atoms with van der Waals surface area (Å²) in [4.78, 5) is 0. The fourth-order valence-electron chi connectivity index (χ4n) is 2.76. The first-order chi connectivity index (χ1) is 13.1. The smallest absolute Gasteiger partial charge is 0.0406 e. The van der Waals surface area contributed by atoms with Gasteiger partial charge in [0.05, 0.1) is 0 Å². The molecular formula is C26H23Cl. The van der Waals surface area contributed by atoms with Crippen LogP contribution in [0.5, 0.6) is 0 Å². The number of rotatable bonds is 2. The van der Waals surface area contributed by atoms with Gasteiger partial charge in [0, 0.05) is 5.02 Å². The lowest BCUT2D eigenvalue weighted by Gasteiger charge is -2.01. The van der Waals surface area contributed by atoms with Crippen LogP contribution in [0, 0.1) is 13.8 Å². The maximum Gasteiger partial charge on any atom is 0.0406 e. The fraction of sp³-hybridized carbons (Fsp3) is 0.0769. The zero-order valence-corrected chi connectivity index (χ0v) is 16.4. The Balaban J connectivity index is 0.000000156. The van der Waals surface area contributed by atoms with Gasteiger partial charge in [-0.25, -0.2) is 0 Å². The van der Waals surface area contributed by atoms with E-state index in [-0.39, 0.29) is 0 Å². The monoisotopic (exact) mass is 370 g/mol. The average Bonchev–Trinajstić information content (AvgIpc) is 2.71. The third-order valence-corrected chi connectivity index (χ3v) is 4.64. The van der Waals surface area contributed by atoms with Crippen molar-refractivity contribution in [2.24, 2.45) is 0 Å². The molecule has 0 unspecified atom stereocenters. The first kappa shape index (κ1) is 18.9. The van der Waals surface area contributed by atoms with Crippen molar-refractivity contribution in [3.8, 4) is 22.3 Å². The molecule has 0 aromatic heterocycles. The van der Waals surface area contributed by atoms with Gasteiger partial charge >= 0.3 is 0 Å². The minimum atomic E-state index is 0.779. The molecule has 0 saturated carbocycles. The normalized spacial score (nSPS) is 10.0. The standard InChI is InChI=1S/C13H11Cl.C13H12/c1-10-2-4-11(5-3-10)12-6-8-13(14)9-7-12;1-11-7-9-13(10-8-11)12-5-3-2-4-6-12/h2-9H,1H3;2-10H,1H3. The van der Waals surface area contributed by atoms with Gasteiger partial charge in [-0.15, -0.1) is 0 Å². The van der Waals surface area contributed by atoms with Crippen LogP contribution >= 0.6 is 11.6 Å². The van der Waals surface area contributed by atoms with E-state index in [1.165, 1.54) is 33.4 Å². The first-order valence-corrected chi connectivity index (χ1v) is 9.44. The van der Waals surface area contributed by atoms with E-state index in [1.807, 2.05) is 30.3 Å². The maximum absolute atomic E-state index is 5.82. The summed E-state index contributed by atoms with van der Waals surface area (Å²) in [5.41, 5.74) is 7.58. The van der Waals surface area contributed by atoms with Gasteiger partial charge in [0.2, 0.25) is 0 Å². The number of benzene rings is 4. The predicted octanol–water partition coefficient (Wildman–Crippen LogP) is 7.98. The molecule has 0 bridgehead atoms. The zero-order valence-electron chi connectivity index (χ0n) is 15.7. The van der Waals surface area contributed by atoms with Gasteiger partial charge in [-0.2, -0.15) is 0 Å². The third kappa shape index (κ3) is 5.57. The van der Waals surface area contributed by atoms with E-state index in [9.17, 15) is 0 Å². The SMILES string of the molecule is Cc1ccc(-c2ccc(Cl)cc2)cc1.Cc1ccc(-c2ccccc2)cc1. The summed E-state index contributed by atoms with van der Waals surface area (Å²) in [6.07, 6.45) is 0. The number of halogens is 1. The highest BCUT2D eigenvalue weighted by molar-refractivity contribution is 6.30. The second kappa shape index (κ2) is 9.21. The summed E-state index contributed by atoms with van der Waals surface area (Å²) in [6, 6.07) is 35.4. The van der Waals surface area contributed by atoms with Crippen molar-refractivity contribution in [3.63, 3.8) is 0 Å². The molecule has 0 radical (unpaired) electrons. The van der Waals surface area contributed by atoms with E-state index in [1.54, 1.807) is 0 Å². The Morgan fingerprint density at radius 3 is 1.15 bits per heavy atom. The van der Waals surface area contributed by atoms with E-state index in [4.69, 9.17) is 11.6 Å². The fourth-order valence-corrected chi connectivity index (χ4v) is 2.89. The molecule has 134 valence electrons. The molecule has 4 rings (SSSR count). The van der Waals surface area contributed by atoms with Gasteiger partial charge in [0.15, 0.2) is 0 Å². The second-order valence-corrected chi connectivity index (χ2v) is 7.04. The molecule has 0 atom stereocenters. The largest absolute Gasteiger partial charge is 0.0843 e. The predicted molar refractivity (Wildman–Crippen MR) is 118 cm³/mol. The van der Waals surface area contributed by atoms with Gasteiger partial charge in [-0.3, -0.25) is 0 Å². The summed E-state index contributed by atoms with van der Waals surface area (Å²) in [5.74, 6) is 0. The molecular weight excluding hydrogens is 348 g/mol. The summed E-state index contributed by atoms with van der Waals surface area (Å²) in [5, 5.41) is 0.779. The lowest BCUT2D eigenvalue weighted by molar-refractivity contribution is 1.47. The Morgan fingerprint density at radius 2 is 0.741 bits per heavy atom. The first-order valence-electron chi connectivity index (χ1n) is 9.06. The van der Waals surface area contributed by atoms with Crippen molar-refractivity contribution in [2.45, 2.75) is 13.8 Å². The van der Waals surface area contributed by atoms with Crippen LogP contribution in [0.4, 0.5) is 0 Å². The molecule has 0 spiro atoms. The van der Waals surface area contributed by atoms with Gasteiger partial charge in [-0.1, -0.05) is 114 Å². The Labute approximate surface area is 167 Å². The van der Waals surface area contributed by atoms with Crippen molar-refractivity contribution < 1.29 is 0 Å². The van der Waals surface area contributed by atoms with Crippen LogP contribution in [-0.2, 0) is 0 Å². The van der Waals surface area contributed by atoms with E-state index in [2.05, 4.69) is 86.6 Å². The van der Waals surface area contributed by atoms with E-state index >= 15 is 0 Å². The van der Waals surface area contributed by atoms with Crippen molar-refractivity contribution in [3.05, 3.63) is 119 Å². The van der Waals surface area contributed by atoms with Crippen LogP contribution in [0.2, 0.25) is 5.02 Å². The molecule has 4 aromatic rings. The van der Waals surface area contributed by atoms with Crippen LogP contribution < -0.4 is 0 Å². The lowest BCUT2D eigenvalue weighted by atomic mass is 10.0. The third-order valence-electron chi connectivity index (χ3n) is 4.39. The number of aryl methyl sites for hydroxylation is 2. The van der Waals surface area contributed by atoms with Crippen molar-refractivity contribution >= 4 is 11.6 Å². The van der Waals surface area contributed by atoms with Crippen LogP contribution in [0.25, 0.3) is 22.3 Å². The molecule has 1 heteroatoms. The molecule has 0 nitrogen and oxygen atoms in total. The molecule has 4 aromatic carbocycles. The van der Waals surface area contributed by atoms with Gasteiger partial charge < -0.3 is 0 Å². The highest BCUT2D eigenvalue weighted by Gasteiger charge is 1.96. The van der Waals surface area contributed by atoms with Crippen molar-refractivity contribution in [1.29, 1.82) is 0 Å². The Kier molecular flexibility index (Phi) is 6.46.